The van der Waals surface area contributed by atoms with Gasteiger partial charge in [0.2, 0.25) is 6.29 Å². The Balaban J connectivity index is 0.00000661. The van der Waals surface area contributed by atoms with Crippen LogP contribution in [0.25, 0.3) is 0 Å². The molecule has 2 N–H and O–H groups in total. The van der Waals surface area contributed by atoms with E-state index in [1.807, 2.05) is 60.0 Å². The number of piperazine rings is 1. The summed E-state index contributed by atoms with van der Waals surface area (Å²) in [5.74, 6) is -0.523. The van der Waals surface area contributed by atoms with Gasteiger partial charge >= 0.3 is 24.2 Å². The molecule has 3 fully saturated rings. The standard InChI is InChI=1S/C42H58N6O10.CH4/c1-5-55-42(54)57-30(4)56-37(49)27-44-20-22-45(23-21-44)33-11-15-46(16-12-33)39(51)36(26-31-24-28(2)38(50)29(3)25-31)58-41(53)47-17-13-34(14-18-47)48-19-10-32-8-6-7-9-35(32)43-40(48)52;/h6-9,24-25,30,33-34,36,50H,5,10-23,26-27H2,1-4H3,(H,43,52);1H4/t30?,36-;/m1./s1. The van der Waals surface area contributed by atoms with E-state index in [1.54, 1.807) is 16.7 Å². The van der Waals surface area contributed by atoms with Gasteiger partial charge in [-0.3, -0.25) is 19.4 Å². The summed E-state index contributed by atoms with van der Waals surface area (Å²) in [6, 6.07) is 11.6. The van der Waals surface area contributed by atoms with Gasteiger partial charge in [-0.2, -0.15) is 0 Å². The number of para-hydroxylation sites is 1. The summed E-state index contributed by atoms with van der Waals surface area (Å²) < 4.78 is 20.9. The van der Waals surface area contributed by atoms with E-state index in [1.165, 1.54) is 6.92 Å². The molecule has 324 valence electrons. The van der Waals surface area contributed by atoms with Gasteiger partial charge in [-0.1, -0.05) is 37.8 Å². The molecule has 0 bridgehead atoms. The average molecular weight is 823 g/mol. The topological polar surface area (TPSA) is 171 Å². The van der Waals surface area contributed by atoms with Crippen molar-refractivity contribution in [2.24, 2.45) is 0 Å². The minimum Gasteiger partial charge on any atom is -0.507 e. The van der Waals surface area contributed by atoms with Crippen molar-refractivity contribution in [2.75, 3.05) is 77.4 Å². The zero-order valence-corrected chi connectivity index (χ0v) is 34.2. The number of hydrogen-bond donors (Lipinski definition) is 2. The van der Waals surface area contributed by atoms with E-state index in [0.717, 1.165) is 49.2 Å². The van der Waals surface area contributed by atoms with Gasteiger partial charge in [0.15, 0.2) is 6.10 Å². The van der Waals surface area contributed by atoms with Crippen LogP contribution in [0.2, 0.25) is 0 Å². The van der Waals surface area contributed by atoms with E-state index in [9.17, 15) is 29.1 Å². The molecule has 2 aromatic carbocycles. The van der Waals surface area contributed by atoms with Gasteiger partial charge in [-0.05, 0) is 81.2 Å². The molecule has 4 aliphatic heterocycles. The van der Waals surface area contributed by atoms with Crippen LogP contribution in [0, 0.1) is 13.8 Å². The Labute approximate surface area is 347 Å². The minimum absolute atomic E-state index is 0. The largest absolute Gasteiger partial charge is 0.511 e. The van der Waals surface area contributed by atoms with Crippen LogP contribution >= 0.6 is 0 Å². The van der Waals surface area contributed by atoms with Crippen molar-refractivity contribution in [1.29, 1.82) is 0 Å². The number of fused-ring (bicyclic) bond motifs is 1. The van der Waals surface area contributed by atoms with Crippen molar-refractivity contribution >= 4 is 35.8 Å². The van der Waals surface area contributed by atoms with Gasteiger partial charge < -0.3 is 44.1 Å². The first-order valence-corrected chi connectivity index (χ1v) is 20.6. The van der Waals surface area contributed by atoms with Crippen LogP contribution in [0.1, 0.15) is 69.2 Å². The molecule has 59 heavy (non-hydrogen) atoms. The molecule has 3 saturated heterocycles. The summed E-state index contributed by atoms with van der Waals surface area (Å²) in [7, 11) is 0. The van der Waals surface area contributed by atoms with Crippen molar-refractivity contribution in [3.63, 3.8) is 0 Å². The predicted molar refractivity (Wildman–Crippen MR) is 220 cm³/mol. The number of carbonyl (C=O) groups is 5. The third kappa shape index (κ3) is 11.8. The number of piperidine rings is 2. The number of phenols is 1. The number of nitrogens with zero attached hydrogens (tertiary/aromatic N) is 5. The molecular formula is C43H62N6O10. The number of aryl methyl sites for hydroxylation is 2. The molecule has 4 amide bonds. The van der Waals surface area contributed by atoms with Gasteiger partial charge in [-0.25, -0.2) is 14.4 Å². The SMILES string of the molecule is C.CCOC(=O)OC(C)OC(=O)CN1CCN(C2CCN(C(=O)[C@@H](Cc3cc(C)c(O)c(C)c3)OC(=O)N3CCC(N4CCc5ccccc5NC4=O)CC3)CC2)CC1. The molecule has 0 aromatic heterocycles. The maximum atomic E-state index is 14.2. The molecule has 4 aliphatic rings. The van der Waals surface area contributed by atoms with Crippen LogP contribution in [0.3, 0.4) is 0 Å². The van der Waals surface area contributed by atoms with E-state index in [-0.39, 0.29) is 56.8 Å². The van der Waals surface area contributed by atoms with Crippen molar-refractivity contribution in [2.45, 2.75) is 98.1 Å². The highest BCUT2D eigenvalue weighted by Crippen LogP contribution is 2.28. The number of aromatic hydroxyl groups is 1. The molecule has 4 heterocycles. The Morgan fingerprint density at radius 1 is 0.831 bits per heavy atom. The normalized spacial score (nSPS) is 19.3. The summed E-state index contributed by atoms with van der Waals surface area (Å²) in [5.41, 5.74) is 4.10. The van der Waals surface area contributed by atoms with Crippen molar-refractivity contribution in [3.8, 4) is 5.75 Å². The fourth-order valence-electron chi connectivity index (χ4n) is 8.51. The molecule has 2 atom stereocenters. The number of carbonyl (C=O) groups excluding carboxylic acids is 5. The maximum Gasteiger partial charge on any atom is 0.511 e. The van der Waals surface area contributed by atoms with Crippen molar-refractivity contribution in [3.05, 3.63) is 58.7 Å². The second-order valence-electron chi connectivity index (χ2n) is 15.6. The van der Waals surface area contributed by atoms with Crippen LogP contribution in [0.4, 0.5) is 20.1 Å². The molecule has 0 spiro atoms. The number of amides is 4. The number of ether oxygens (including phenoxy) is 4. The molecule has 2 aromatic rings. The number of phenolic OH excluding ortho intramolecular Hbond substituents is 1. The van der Waals surface area contributed by atoms with Crippen molar-refractivity contribution in [1.82, 2.24) is 24.5 Å². The molecule has 0 aliphatic carbocycles. The first-order chi connectivity index (χ1) is 27.9. The summed E-state index contributed by atoms with van der Waals surface area (Å²) in [6.45, 7) is 12.3. The van der Waals surface area contributed by atoms with Gasteiger partial charge in [0.05, 0.1) is 13.2 Å². The second kappa shape index (κ2) is 20.7. The number of likely N-dealkylation sites (tertiary alicyclic amines) is 2. The fourth-order valence-corrected chi connectivity index (χ4v) is 8.51. The Morgan fingerprint density at radius 2 is 1.46 bits per heavy atom. The third-order valence-electron chi connectivity index (χ3n) is 11.7. The lowest BCUT2D eigenvalue weighted by Gasteiger charge is -2.43. The molecule has 6 rings (SSSR count). The van der Waals surface area contributed by atoms with E-state index < -0.39 is 30.6 Å². The molecule has 0 radical (unpaired) electrons. The number of rotatable bonds is 11. The van der Waals surface area contributed by atoms with Crippen LogP contribution in [-0.2, 0) is 41.4 Å². The number of benzene rings is 2. The number of anilines is 1. The second-order valence-corrected chi connectivity index (χ2v) is 15.6. The summed E-state index contributed by atoms with van der Waals surface area (Å²) in [6.07, 6.45) is 0.128. The van der Waals surface area contributed by atoms with E-state index in [4.69, 9.17) is 18.9 Å². The third-order valence-corrected chi connectivity index (χ3v) is 11.7. The Bertz CT molecular complexity index is 1760. The summed E-state index contributed by atoms with van der Waals surface area (Å²) in [4.78, 5) is 74.7. The number of esters is 1. The smallest absolute Gasteiger partial charge is 0.507 e. The Hall–Kier alpha value is -5.09. The van der Waals surface area contributed by atoms with Crippen LogP contribution in [0.5, 0.6) is 5.75 Å². The average Bonchev–Trinajstić information content (AvgIpc) is 3.37. The predicted octanol–water partition coefficient (Wildman–Crippen LogP) is 4.92. The zero-order chi connectivity index (χ0) is 41.3. The summed E-state index contributed by atoms with van der Waals surface area (Å²) in [5, 5.41) is 13.4. The van der Waals surface area contributed by atoms with Crippen molar-refractivity contribution < 1.29 is 48.0 Å². The zero-order valence-electron chi connectivity index (χ0n) is 34.2. The number of urea groups is 1. The Kier molecular flexibility index (Phi) is 15.8. The van der Waals surface area contributed by atoms with Crippen LogP contribution in [-0.4, -0.2) is 156 Å². The lowest BCUT2D eigenvalue weighted by molar-refractivity contribution is -0.169. The number of nitrogens with one attached hydrogen (secondary N) is 1. The fraction of sp³-hybridized carbons (Fsp3) is 0.605. The first kappa shape index (κ1) is 45.0. The summed E-state index contributed by atoms with van der Waals surface area (Å²) >= 11 is 0. The maximum absolute atomic E-state index is 14.2. The lowest BCUT2D eigenvalue weighted by Crippen LogP contribution is -2.55. The van der Waals surface area contributed by atoms with Crippen LogP contribution < -0.4 is 5.32 Å². The molecule has 0 saturated carbocycles. The van der Waals surface area contributed by atoms with Gasteiger partial charge in [0, 0.05) is 90.0 Å². The monoisotopic (exact) mass is 822 g/mol. The molecule has 16 heteroatoms. The van der Waals surface area contributed by atoms with Gasteiger partial charge in [-0.15, -0.1) is 0 Å². The van der Waals surface area contributed by atoms with E-state index in [0.29, 0.717) is 69.8 Å². The van der Waals surface area contributed by atoms with E-state index >= 15 is 0 Å². The highest BCUT2D eigenvalue weighted by atomic mass is 16.8. The molecule has 16 nitrogen and oxygen atoms in total. The van der Waals surface area contributed by atoms with E-state index in [2.05, 4.69) is 10.2 Å². The Morgan fingerprint density at radius 3 is 2.12 bits per heavy atom. The lowest BCUT2D eigenvalue weighted by atomic mass is 9.98. The first-order valence-electron chi connectivity index (χ1n) is 20.6. The van der Waals surface area contributed by atoms with Gasteiger partial charge in [0.1, 0.15) is 5.75 Å². The minimum atomic E-state index is -1.05. The molecule has 1 unspecified atom stereocenters. The number of hydrogen-bond acceptors (Lipinski definition) is 12. The molecular weight excluding hydrogens is 761 g/mol. The van der Waals surface area contributed by atoms with Gasteiger partial charge in [0.25, 0.3) is 5.91 Å². The highest BCUT2D eigenvalue weighted by Gasteiger charge is 2.37. The quantitative estimate of drug-likeness (QED) is 0.179. The van der Waals surface area contributed by atoms with Crippen LogP contribution in [0.15, 0.2) is 36.4 Å². The highest BCUT2D eigenvalue weighted by molar-refractivity contribution is 5.91.